The molecule has 0 fully saturated rings. The van der Waals surface area contributed by atoms with Crippen LogP contribution in [0.1, 0.15) is 22.0 Å². The highest BCUT2D eigenvalue weighted by Gasteiger charge is 2.13. The lowest BCUT2D eigenvalue weighted by Crippen LogP contribution is -2.13. The molecule has 1 N–H and O–H groups in total. The predicted molar refractivity (Wildman–Crippen MR) is 102 cm³/mol. The standard InChI is InChI=1S/C19H14ClN3O2S/c1-12-2-7-16(25-12)9-14(10-21)18(24)23-19-22-11-17(26-19)8-13-3-5-15(20)6-4-13/h2-7,9,11H,8H2,1H3,(H,22,23,24)/b14-9-. The van der Waals surface area contributed by atoms with Crippen LogP contribution in [0.4, 0.5) is 5.13 Å². The molecule has 0 saturated heterocycles. The molecule has 0 aliphatic rings. The van der Waals surface area contributed by atoms with Crippen LogP contribution in [-0.4, -0.2) is 10.9 Å². The van der Waals surface area contributed by atoms with Gasteiger partial charge in [0.25, 0.3) is 5.91 Å². The molecule has 0 unspecified atom stereocenters. The number of halogens is 1. The number of furan rings is 1. The van der Waals surface area contributed by atoms with E-state index < -0.39 is 5.91 Å². The van der Waals surface area contributed by atoms with E-state index in [1.165, 1.54) is 17.4 Å². The van der Waals surface area contributed by atoms with E-state index in [0.29, 0.717) is 28.1 Å². The third-order valence-corrected chi connectivity index (χ3v) is 4.64. The molecule has 0 saturated carbocycles. The van der Waals surface area contributed by atoms with Crippen molar-refractivity contribution < 1.29 is 9.21 Å². The lowest BCUT2D eigenvalue weighted by molar-refractivity contribution is -0.112. The van der Waals surface area contributed by atoms with E-state index in [-0.39, 0.29) is 5.57 Å². The van der Waals surface area contributed by atoms with Crippen molar-refractivity contribution in [2.75, 3.05) is 5.32 Å². The minimum absolute atomic E-state index is 0.0474. The van der Waals surface area contributed by atoms with Gasteiger partial charge in [0.2, 0.25) is 0 Å². The SMILES string of the molecule is Cc1ccc(/C=C(/C#N)C(=O)Nc2ncc(Cc3ccc(Cl)cc3)s2)o1. The summed E-state index contributed by atoms with van der Waals surface area (Å²) in [7, 11) is 0. The fourth-order valence-corrected chi connectivity index (χ4v) is 3.20. The summed E-state index contributed by atoms with van der Waals surface area (Å²) in [5, 5.41) is 13.0. The molecule has 26 heavy (non-hydrogen) atoms. The third kappa shape index (κ3) is 4.60. The zero-order valence-corrected chi connectivity index (χ0v) is 15.4. The Hall–Kier alpha value is -2.88. The zero-order chi connectivity index (χ0) is 18.5. The molecule has 2 aromatic heterocycles. The van der Waals surface area contributed by atoms with Gasteiger partial charge in [-0.05, 0) is 36.8 Å². The van der Waals surface area contributed by atoms with E-state index in [4.69, 9.17) is 16.0 Å². The Labute approximate surface area is 159 Å². The Balaban J connectivity index is 1.67. The number of nitrogens with one attached hydrogen (secondary N) is 1. The van der Waals surface area contributed by atoms with Crippen molar-refractivity contribution in [2.24, 2.45) is 0 Å². The molecular formula is C19H14ClN3O2S. The first kappa shape index (κ1) is 17.9. The summed E-state index contributed by atoms with van der Waals surface area (Å²) in [5.74, 6) is 0.645. The molecular weight excluding hydrogens is 370 g/mol. The minimum Gasteiger partial charge on any atom is -0.462 e. The number of thiazole rings is 1. The minimum atomic E-state index is -0.519. The van der Waals surface area contributed by atoms with Gasteiger partial charge >= 0.3 is 0 Å². The highest BCUT2D eigenvalue weighted by molar-refractivity contribution is 7.15. The number of nitrogens with zero attached hydrogens (tertiary/aromatic N) is 2. The second-order valence-electron chi connectivity index (χ2n) is 5.51. The van der Waals surface area contributed by atoms with Gasteiger partial charge in [0.1, 0.15) is 23.2 Å². The number of amides is 1. The summed E-state index contributed by atoms with van der Waals surface area (Å²) in [6, 6.07) is 12.9. The number of aromatic nitrogens is 1. The summed E-state index contributed by atoms with van der Waals surface area (Å²) in [5.41, 5.74) is 1.05. The van der Waals surface area contributed by atoms with Crippen molar-refractivity contribution >= 4 is 40.1 Å². The van der Waals surface area contributed by atoms with Crippen molar-refractivity contribution in [1.29, 1.82) is 5.26 Å². The van der Waals surface area contributed by atoms with E-state index >= 15 is 0 Å². The number of benzene rings is 1. The van der Waals surface area contributed by atoms with Crippen LogP contribution in [-0.2, 0) is 11.2 Å². The molecule has 3 aromatic rings. The summed E-state index contributed by atoms with van der Waals surface area (Å²) >= 11 is 7.25. The molecule has 0 radical (unpaired) electrons. The predicted octanol–water partition coefficient (Wildman–Crippen LogP) is 4.83. The Morgan fingerprint density at radius 2 is 2.12 bits per heavy atom. The van der Waals surface area contributed by atoms with Crippen molar-refractivity contribution in [3.8, 4) is 6.07 Å². The van der Waals surface area contributed by atoms with Crippen LogP contribution in [0.5, 0.6) is 0 Å². The van der Waals surface area contributed by atoms with Crippen molar-refractivity contribution in [1.82, 2.24) is 4.98 Å². The molecule has 130 valence electrons. The van der Waals surface area contributed by atoms with Gasteiger partial charge in [-0.1, -0.05) is 23.7 Å². The number of aryl methyl sites for hydroxylation is 1. The Morgan fingerprint density at radius 3 is 2.77 bits per heavy atom. The molecule has 1 aromatic carbocycles. The van der Waals surface area contributed by atoms with Gasteiger partial charge in [-0.3, -0.25) is 10.1 Å². The maximum atomic E-state index is 12.3. The first-order valence-corrected chi connectivity index (χ1v) is 8.91. The third-order valence-electron chi connectivity index (χ3n) is 3.48. The van der Waals surface area contributed by atoms with Crippen LogP contribution >= 0.6 is 22.9 Å². The average molecular weight is 384 g/mol. The summed E-state index contributed by atoms with van der Waals surface area (Å²) in [6.07, 6.45) is 3.81. The Kier molecular flexibility index (Phi) is 5.52. The van der Waals surface area contributed by atoms with Crippen LogP contribution in [0.25, 0.3) is 6.08 Å². The highest BCUT2D eigenvalue weighted by Crippen LogP contribution is 2.22. The molecule has 0 atom stereocenters. The van der Waals surface area contributed by atoms with Crippen molar-refractivity contribution in [3.05, 3.63) is 75.2 Å². The molecule has 1 amide bonds. The van der Waals surface area contributed by atoms with Gasteiger partial charge in [-0.15, -0.1) is 11.3 Å². The lowest BCUT2D eigenvalue weighted by atomic mass is 10.1. The molecule has 0 bridgehead atoms. The number of anilines is 1. The molecule has 0 aliphatic carbocycles. The maximum absolute atomic E-state index is 12.3. The lowest BCUT2D eigenvalue weighted by Gasteiger charge is -2.00. The van der Waals surface area contributed by atoms with Gasteiger partial charge in [-0.2, -0.15) is 5.26 Å². The van der Waals surface area contributed by atoms with Crippen LogP contribution in [0.3, 0.4) is 0 Å². The molecule has 7 heteroatoms. The van der Waals surface area contributed by atoms with Crippen LogP contribution in [0.15, 0.2) is 52.6 Å². The van der Waals surface area contributed by atoms with Gasteiger partial charge in [0.05, 0.1) is 0 Å². The van der Waals surface area contributed by atoms with Crippen molar-refractivity contribution in [2.45, 2.75) is 13.3 Å². The van der Waals surface area contributed by atoms with Gasteiger partial charge in [0.15, 0.2) is 5.13 Å². The van der Waals surface area contributed by atoms with Gasteiger partial charge in [-0.25, -0.2) is 4.98 Å². The number of hydrogen-bond acceptors (Lipinski definition) is 5. The number of carbonyl (C=O) groups excluding carboxylic acids is 1. The number of carbonyl (C=O) groups is 1. The summed E-state index contributed by atoms with van der Waals surface area (Å²) < 4.78 is 5.37. The Bertz CT molecular complexity index is 996. The first-order valence-electron chi connectivity index (χ1n) is 7.72. The summed E-state index contributed by atoms with van der Waals surface area (Å²) in [6.45, 7) is 1.79. The summed E-state index contributed by atoms with van der Waals surface area (Å²) in [4.78, 5) is 17.5. The van der Waals surface area contributed by atoms with Gasteiger partial charge in [0, 0.05) is 28.6 Å². The zero-order valence-electron chi connectivity index (χ0n) is 13.8. The van der Waals surface area contributed by atoms with E-state index in [1.54, 1.807) is 25.3 Å². The molecule has 2 heterocycles. The van der Waals surface area contributed by atoms with Crippen LogP contribution < -0.4 is 5.32 Å². The number of rotatable bonds is 5. The fourth-order valence-electron chi connectivity index (χ4n) is 2.24. The van der Waals surface area contributed by atoms with E-state index in [2.05, 4.69) is 10.3 Å². The molecule has 0 aliphatic heterocycles. The highest BCUT2D eigenvalue weighted by atomic mass is 35.5. The quantitative estimate of drug-likeness (QED) is 0.505. The number of nitriles is 1. The van der Waals surface area contributed by atoms with Crippen molar-refractivity contribution in [3.63, 3.8) is 0 Å². The van der Waals surface area contributed by atoms with Crippen LogP contribution in [0, 0.1) is 18.3 Å². The van der Waals surface area contributed by atoms with Gasteiger partial charge < -0.3 is 4.42 Å². The average Bonchev–Trinajstić information content (AvgIpc) is 3.23. The monoisotopic (exact) mass is 383 g/mol. The Morgan fingerprint density at radius 1 is 1.35 bits per heavy atom. The van der Waals surface area contributed by atoms with Crippen LogP contribution in [0.2, 0.25) is 5.02 Å². The molecule has 5 nitrogen and oxygen atoms in total. The second-order valence-corrected chi connectivity index (χ2v) is 7.06. The van der Waals surface area contributed by atoms with E-state index in [0.717, 1.165) is 10.4 Å². The van der Waals surface area contributed by atoms with E-state index in [9.17, 15) is 10.1 Å². The molecule has 0 spiro atoms. The second kappa shape index (κ2) is 8.00. The van der Waals surface area contributed by atoms with E-state index in [1.807, 2.05) is 30.3 Å². The topological polar surface area (TPSA) is 78.9 Å². The largest absolute Gasteiger partial charge is 0.462 e. The first-order chi connectivity index (χ1) is 12.5. The normalized spacial score (nSPS) is 11.2. The maximum Gasteiger partial charge on any atom is 0.268 e. The smallest absolute Gasteiger partial charge is 0.268 e. The molecule has 3 rings (SSSR count). The number of hydrogen-bond donors (Lipinski definition) is 1. The fraction of sp³-hybridized carbons (Fsp3) is 0.105.